The van der Waals surface area contributed by atoms with Gasteiger partial charge in [0.15, 0.2) is 12.5 Å². The Kier molecular flexibility index (Phi) is 11.2. The molecule has 0 amide bonds. The van der Waals surface area contributed by atoms with Gasteiger partial charge in [-0.05, 0) is 37.4 Å². The molecule has 4 atom stereocenters. The number of ether oxygens (including phenoxy) is 4. The molecule has 4 aromatic carbocycles. The summed E-state index contributed by atoms with van der Waals surface area (Å²) in [5.74, 6) is -0.827. The molecule has 2 heterocycles. The standard InChI is InChI=1S/C42H42N4O6/c1-45(25-13-23-43)37(27-41(31-15-5-3-6-16-31)29-49-35-21-11-9-19-33(35)41)51-39(47)40(48)52-38(46(2)26-14-24-44)28-42(32-17-7-4-8-18-32)30-50-36-22-12-10-20-34(36)42/h3-12,15-22,37-38H,13-14,25-30H2,1-2H3. The molecule has 0 aliphatic carbocycles. The summed E-state index contributed by atoms with van der Waals surface area (Å²) in [6.07, 6.45) is -0.931. The fraction of sp³-hybridized carbons (Fsp3) is 0.333. The van der Waals surface area contributed by atoms with Gasteiger partial charge in [0.2, 0.25) is 0 Å². The van der Waals surface area contributed by atoms with E-state index < -0.39 is 35.2 Å². The minimum atomic E-state index is -1.15. The lowest BCUT2D eigenvalue weighted by Crippen LogP contribution is -2.47. The Labute approximate surface area is 304 Å². The van der Waals surface area contributed by atoms with Gasteiger partial charge in [0.1, 0.15) is 24.7 Å². The zero-order valence-electron chi connectivity index (χ0n) is 29.4. The van der Waals surface area contributed by atoms with Gasteiger partial charge >= 0.3 is 11.9 Å². The number of carbonyl (C=O) groups excluding carboxylic acids is 2. The first kappa shape index (κ1) is 36.1. The maximum Gasteiger partial charge on any atom is 0.419 e. The van der Waals surface area contributed by atoms with Crippen LogP contribution in [0.3, 0.4) is 0 Å². The topological polar surface area (TPSA) is 125 Å². The molecule has 0 fully saturated rings. The highest BCUT2D eigenvalue weighted by Gasteiger charge is 2.48. The molecule has 0 radical (unpaired) electrons. The molecule has 0 saturated carbocycles. The quantitative estimate of drug-likeness (QED) is 0.0886. The van der Waals surface area contributed by atoms with Crippen molar-refractivity contribution in [2.45, 2.75) is 49.0 Å². The first-order valence-corrected chi connectivity index (χ1v) is 17.4. The Bertz CT molecular complexity index is 1800. The second-order valence-corrected chi connectivity index (χ2v) is 13.4. The number of hydrogen-bond acceptors (Lipinski definition) is 10. The number of para-hydroxylation sites is 2. The van der Waals surface area contributed by atoms with Gasteiger partial charge in [0.05, 0.1) is 23.0 Å². The van der Waals surface area contributed by atoms with Crippen molar-refractivity contribution < 1.29 is 28.5 Å². The summed E-state index contributed by atoms with van der Waals surface area (Å²) < 4.78 is 24.5. The van der Waals surface area contributed by atoms with Crippen LogP contribution in [0.2, 0.25) is 0 Å². The minimum Gasteiger partial charge on any atom is -0.492 e. The molecule has 4 aromatic rings. The molecule has 266 valence electrons. The number of esters is 2. The average molecular weight is 699 g/mol. The van der Waals surface area contributed by atoms with Crippen molar-refractivity contribution in [2.24, 2.45) is 0 Å². The number of benzene rings is 4. The molecule has 2 aliphatic rings. The summed E-state index contributed by atoms with van der Waals surface area (Å²) in [7, 11) is 3.53. The molecule has 10 heteroatoms. The lowest BCUT2D eigenvalue weighted by Gasteiger charge is -2.37. The molecule has 0 N–H and O–H groups in total. The maximum absolute atomic E-state index is 13.8. The minimum absolute atomic E-state index is 0.192. The Balaban J connectivity index is 1.29. The SMILES string of the molecule is CN(CCC#N)C(CC1(c2ccccc2)COc2ccccc21)OC(=O)C(=O)OC(CC1(c2ccccc2)COc2ccccc21)N(C)CCC#N. The summed E-state index contributed by atoms with van der Waals surface area (Å²) in [5.41, 5.74) is 2.44. The van der Waals surface area contributed by atoms with E-state index in [1.807, 2.05) is 109 Å². The molecule has 0 spiro atoms. The molecule has 4 unspecified atom stereocenters. The smallest absolute Gasteiger partial charge is 0.419 e. The van der Waals surface area contributed by atoms with Crippen LogP contribution in [0.4, 0.5) is 0 Å². The van der Waals surface area contributed by atoms with Gasteiger partial charge in [-0.25, -0.2) is 9.59 Å². The average Bonchev–Trinajstić information content (AvgIpc) is 3.75. The first-order chi connectivity index (χ1) is 25.3. The van der Waals surface area contributed by atoms with Gasteiger partial charge in [-0.3, -0.25) is 9.80 Å². The van der Waals surface area contributed by atoms with Crippen LogP contribution < -0.4 is 9.47 Å². The highest BCUT2D eigenvalue weighted by Crippen LogP contribution is 2.48. The summed E-state index contributed by atoms with van der Waals surface area (Å²) in [5, 5.41) is 18.8. The van der Waals surface area contributed by atoms with Crippen molar-refractivity contribution in [3.05, 3.63) is 131 Å². The monoisotopic (exact) mass is 698 g/mol. The van der Waals surface area contributed by atoms with Gasteiger partial charge in [-0.2, -0.15) is 10.5 Å². The van der Waals surface area contributed by atoms with E-state index in [0.717, 1.165) is 33.8 Å². The van der Waals surface area contributed by atoms with Gasteiger partial charge in [0.25, 0.3) is 0 Å². The highest BCUT2D eigenvalue weighted by atomic mass is 16.6. The third-order valence-electron chi connectivity index (χ3n) is 10.2. The lowest BCUT2D eigenvalue weighted by molar-refractivity contribution is -0.185. The van der Waals surface area contributed by atoms with E-state index >= 15 is 0 Å². The molecule has 0 saturated heterocycles. The van der Waals surface area contributed by atoms with Crippen molar-refractivity contribution >= 4 is 11.9 Å². The van der Waals surface area contributed by atoms with Crippen molar-refractivity contribution in [1.82, 2.24) is 9.80 Å². The van der Waals surface area contributed by atoms with Gasteiger partial charge in [-0.1, -0.05) is 97.1 Å². The van der Waals surface area contributed by atoms with E-state index in [2.05, 4.69) is 12.1 Å². The summed E-state index contributed by atoms with van der Waals surface area (Å²) in [6.45, 7) is 1.21. The van der Waals surface area contributed by atoms with Crippen LogP contribution in [0.1, 0.15) is 47.9 Å². The van der Waals surface area contributed by atoms with Crippen LogP contribution in [0.25, 0.3) is 0 Å². The van der Waals surface area contributed by atoms with E-state index in [9.17, 15) is 20.1 Å². The Morgan fingerprint density at radius 2 is 1.00 bits per heavy atom. The normalized spacial score (nSPS) is 19.7. The second-order valence-electron chi connectivity index (χ2n) is 13.4. The first-order valence-electron chi connectivity index (χ1n) is 17.4. The van der Waals surface area contributed by atoms with Gasteiger partial charge in [-0.15, -0.1) is 0 Å². The van der Waals surface area contributed by atoms with Crippen LogP contribution in [0.15, 0.2) is 109 Å². The van der Waals surface area contributed by atoms with Gasteiger partial charge < -0.3 is 18.9 Å². The molecule has 0 bridgehead atoms. The fourth-order valence-electron chi connectivity index (χ4n) is 7.35. The summed E-state index contributed by atoms with van der Waals surface area (Å²) in [4.78, 5) is 31.2. The Hall–Kier alpha value is -5.68. The number of nitrogens with zero attached hydrogens (tertiary/aromatic N) is 4. The Morgan fingerprint density at radius 1 is 0.635 bits per heavy atom. The second kappa shape index (κ2) is 16.1. The number of carbonyl (C=O) groups is 2. The lowest BCUT2D eigenvalue weighted by atomic mass is 9.73. The van der Waals surface area contributed by atoms with Crippen LogP contribution in [0.5, 0.6) is 11.5 Å². The predicted molar refractivity (Wildman–Crippen MR) is 193 cm³/mol. The molecule has 0 aromatic heterocycles. The molecule has 52 heavy (non-hydrogen) atoms. The zero-order chi connectivity index (χ0) is 36.6. The van der Waals surface area contributed by atoms with Crippen LogP contribution in [0, 0.1) is 22.7 Å². The fourth-order valence-corrected chi connectivity index (χ4v) is 7.35. The molecular weight excluding hydrogens is 656 g/mol. The van der Waals surface area contributed by atoms with E-state index in [4.69, 9.17) is 18.9 Å². The highest BCUT2D eigenvalue weighted by molar-refractivity contribution is 6.29. The third kappa shape index (κ3) is 7.36. The van der Waals surface area contributed by atoms with Crippen molar-refractivity contribution in [3.63, 3.8) is 0 Å². The summed E-state index contributed by atoms with van der Waals surface area (Å²) >= 11 is 0. The van der Waals surface area contributed by atoms with Gasteiger partial charge in [0, 0.05) is 49.9 Å². The number of rotatable bonds is 14. The summed E-state index contributed by atoms with van der Waals surface area (Å²) in [6, 6.07) is 39.6. The van der Waals surface area contributed by atoms with E-state index in [-0.39, 0.29) is 25.7 Å². The molecule has 2 aliphatic heterocycles. The third-order valence-corrected chi connectivity index (χ3v) is 10.2. The van der Waals surface area contributed by atoms with Crippen molar-refractivity contribution in [3.8, 4) is 23.6 Å². The van der Waals surface area contributed by atoms with E-state index in [0.29, 0.717) is 26.3 Å². The van der Waals surface area contributed by atoms with Crippen molar-refractivity contribution in [2.75, 3.05) is 40.4 Å². The predicted octanol–water partition coefficient (Wildman–Crippen LogP) is 5.95. The number of hydrogen-bond donors (Lipinski definition) is 0. The van der Waals surface area contributed by atoms with E-state index in [1.165, 1.54) is 0 Å². The van der Waals surface area contributed by atoms with Crippen LogP contribution in [-0.4, -0.2) is 74.6 Å². The maximum atomic E-state index is 13.8. The zero-order valence-corrected chi connectivity index (χ0v) is 29.4. The number of fused-ring (bicyclic) bond motifs is 2. The molecule has 6 rings (SSSR count). The largest absolute Gasteiger partial charge is 0.492 e. The molecule has 10 nitrogen and oxygen atoms in total. The molecular formula is C42H42N4O6. The van der Waals surface area contributed by atoms with Crippen LogP contribution in [-0.2, 0) is 29.9 Å². The van der Waals surface area contributed by atoms with Crippen molar-refractivity contribution in [1.29, 1.82) is 10.5 Å². The van der Waals surface area contributed by atoms with Crippen LogP contribution >= 0.6 is 0 Å². The Morgan fingerprint density at radius 3 is 1.38 bits per heavy atom. The number of nitriles is 2. The van der Waals surface area contributed by atoms with E-state index in [1.54, 1.807) is 23.9 Å².